The van der Waals surface area contributed by atoms with Gasteiger partial charge in [-0.05, 0) is 24.6 Å². The van der Waals surface area contributed by atoms with Crippen molar-refractivity contribution in [2.75, 3.05) is 12.1 Å². The van der Waals surface area contributed by atoms with Gasteiger partial charge in [0.2, 0.25) is 6.79 Å². The number of aromatic nitrogens is 4. The largest absolute Gasteiger partial charge is 0.454 e. The fourth-order valence-electron chi connectivity index (χ4n) is 2.71. The molecule has 0 aliphatic carbocycles. The van der Waals surface area contributed by atoms with Gasteiger partial charge in [0.15, 0.2) is 17.3 Å². The van der Waals surface area contributed by atoms with E-state index in [1.165, 1.54) is 0 Å². The molecule has 3 aromatic rings. The average Bonchev–Trinajstić information content (AvgIpc) is 3.26. The number of H-pyrrole nitrogens is 2. The van der Waals surface area contributed by atoms with E-state index in [2.05, 4.69) is 20.5 Å². The van der Waals surface area contributed by atoms with Gasteiger partial charge in [0.25, 0.3) is 11.5 Å². The van der Waals surface area contributed by atoms with E-state index in [1.807, 2.05) is 0 Å². The number of fused-ring (bicyclic) bond motifs is 1. The SMILES string of the molecule is Cc1cc(NC(=O)c2c[nH]c(=O)n(Cc3ccc4c(c3)OCO4)c2=O)n[nH]1. The van der Waals surface area contributed by atoms with E-state index in [-0.39, 0.29) is 24.7 Å². The predicted molar refractivity (Wildman–Crippen MR) is 94.3 cm³/mol. The molecule has 27 heavy (non-hydrogen) atoms. The maximum atomic E-state index is 12.7. The molecule has 1 aliphatic heterocycles. The molecule has 0 atom stereocenters. The molecule has 0 saturated heterocycles. The normalized spacial score (nSPS) is 12.2. The van der Waals surface area contributed by atoms with Crippen LogP contribution in [-0.2, 0) is 6.54 Å². The first kappa shape index (κ1) is 16.6. The molecular weight excluding hydrogens is 354 g/mol. The molecule has 0 spiro atoms. The van der Waals surface area contributed by atoms with Crippen LogP contribution in [0.25, 0.3) is 0 Å². The van der Waals surface area contributed by atoms with Crippen LogP contribution >= 0.6 is 0 Å². The molecule has 1 aliphatic rings. The number of aryl methyl sites for hydroxylation is 1. The Kier molecular flexibility index (Phi) is 3.99. The lowest BCUT2D eigenvalue weighted by molar-refractivity contribution is 0.102. The lowest BCUT2D eigenvalue weighted by atomic mass is 10.2. The first-order valence-corrected chi connectivity index (χ1v) is 8.05. The van der Waals surface area contributed by atoms with Gasteiger partial charge in [-0.2, -0.15) is 5.10 Å². The third kappa shape index (κ3) is 3.19. The Balaban J connectivity index is 1.63. The zero-order valence-corrected chi connectivity index (χ0v) is 14.2. The predicted octanol–water partition coefficient (Wildman–Crippen LogP) is 0.597. The Hall–Kier alpha value is -3.82. The van der Waals surface area contributed by atoms with Crippen LogP contribution in [0.15, 0.2) is 40.1 Å². The Labute approximate surface area is 151 Å². The van der Waals surface area contributed by atoms with Gasteiger partial charge in [-0.15, -0.1) is 0 Å². The van der Waals surface area contributed by atoms with Crippen LogP contribution < -0.4 is 26.0 Å². The topological polar surface area (TPSA) is 131 Å². The molecule has 0 saturated carbocycles. The number of hydrogen-bond donors (Lipinski definition) is 3. The van der Waals surface area contributed by atoms with E-state index in [0.717, 1.165) is 16.5 Å². The molecule has 1 aromatic carbocycles. The minimum absolute atomic E-state index is 0.0204. The van der Waals surface area contributed by atoms with Crippen LogP contribution in [0.5, 0.6) is 11.5 Å². The van der Waals surface area contributed by atoms with E-state index in [0.29, 0.717) is 17.1 Å². The molecule has 4 rings (SSSR count). The summed E-state index contributed by atoms with van der Waals surface area (Å²) < 4.78 is 11.5. The summed E-state index contributed by atoms with van der Waals surface area (Å²) in [5.74, 6) is 0.759. The van der Waals surface area contributed by atoms with Crippen molar-refractivity contribution >= 4 is 11.7 Å². The fraction of sp³-hybridized carbons (Fsp3) is 0.176. The van der Waals surface area contributed by atoms with Crippen molar-refractivity contribution in [3.63, 3.8) is 0 Å². The van der Waals surface area contributed by atoms with Crippen LogP contribution in [0.3, 0.4) is 0 Å². The van der Waals surface area contributed by atoms with Gasteiger partial charge in [-0.3, -0.25) is 19.3 Å². The smallest absolute Gasteiger partial charge is 0.328 e. The minimum Gasteiger partial charge on any atom is -0.454 e. The molecule has 0 unspecified atom stereocenters. The van der Waals surface area contributed by atoms with Crippen molar-refractivity contribution < 1.29 is 14.3 Å². The number of nitrogens with zero attached hydrogens (tertiary/aromatic N) is 2. The second-order valence-electron chi connectivity index (χ2n) is 5.98. The number of anilines is 1. The minimum atomic E-state index is -0.707. The van der Waals surface area contributed by atoms with Gasteiger partial charge < -0.3 is 19.8 Å². The molecule has 1 amide bonds. The highest BCUT2D eigenvalue weighted by Crippen LogP contribution is 2.32. The molecule has 2 aromatic heterocycles. The number of benzene rings is 1. The number of carbonyl (C=O) groups is 1. The van der Waals surface area contributed by atoms with Gasteiger partial charge in [0.1, 0.15) is 5.56 Å². The quantitative estimate of drug-likeness (QED) is 0.617. The zero-order valence-electron chi connectivity index (χ0n) is 14.2. The molecular formula is C17H15N5O5. The summed E-state index contributed by atoms with van der Waals surface area (Å²) in [6.07, 6.45) is 1.09. The maximum Gasteiger partial charge on any atom is 0.328 e. The highest BCUT2D eigenvalue weighted by Gasteiger charge is 2.18. The van der Waals surface area contributed by atoms with Crippen LogP contribution in [0.2, 0.25) is 0 Å². The second-order valence-corrected chi connectivity index (χ2v) is 5.98. The fourth-order valence-corrected chi connectivity index (χ4v) is 2.71. The van der Waals surface area contributed by atoms with E-state index in [9.17, 15) is 14.4 Å². The number of aromatic amines is 2. The lowest BCUT2D eigenvalue weighted by Crippen LogP contribution is -2.39. The third-order valence-electron chi connectivity index (χ3n) is 4.03. The first-order chi connectivity index (χ1) is 13.0. The van der Waals surface area contributed by atoms with Crippen LogP contribution in [0.1, 0.15) is 21.6 Å². The summed E-state index contributed by atoms with van der Waals surface area (Å²) in [6.45, 7) is 1.89. The van der Waals surface area contributed by atoms with Crippen molar-refractivity contribution in [2.45, 2.75) is 13.5 Å². The van der Waals surface area contributed by atoms with Gasteiger partial charge in [0, 0.05) is 18.0 Å². The zero-order chi connectivity index (χ0) is 19.0. The van der Waals surface area contributed by atoms with E-state index < -0.39 is 17.2 Å². The van der Waals surface area contributed by atoms with Gasteiger partial charge in [-0.25, -0.2) is 4.79 Å². The summed E-state index contributed by atoms with van der Waals surface area (Å²) in [5.41, 5.74) is -0.110. The number of amides is 1. The third-order valence-corrected chi connectivity index (χ3v) is 4.03. The lowest BCUT2D eigenvalue weighted by Gasteiger charge is -2.08. The molecule has 0 bridgehead atoms. The summed E-state index contributed by atoms with van der Waals surface area (Å²) >= 11 is 0. The Morgan fingerprint density at radius 1 is 1.26 bits per heavy atom. The molecule has 3 N–H and O–H groups in total. The number of nitrogens with one attached hydrogen (secondary N) is 3. The van der Waals surface area contributed by atoms with Crippen LogP contribution in [0.4, 0.5) is 5.82 Å². The van der Waals surface area contributed by atoms with Crippen molar-refractivity contribution in [3.8, 4) is 11.5 Å². The number of carbonyl (C=O) groups excluding carboxylic acids is 1. The summed E-state index contributed by atoms with van der Waals surface area (Å²) in [5, 5.41) is 9.09. The van der Waals surface area contributed by atoms with Crippen molar-refractivity contribution in [1.29, 1.82) is 0 Å². The molecule has 10 nitrogen and oxygen atoms in total. The number of ether oxygens (including phenoxy) is 2. The van der Waals surface area contributed by atoms with Crippen molar-refractivity contribution in [1.82, 2.24) is 19.7 Å². The summed E-state index contributed by atoms with van der Waals surface area (Å²) in [4.78, 5) is 39.6. The molecule has 0 radical (unpaired) electrons. The monoisotopic (exact) mass is 369 g/mol. The highest BCUT2D eigenvalue weighted by molar-refractivity contribution is 6.03. The Morgan fingerprint density at radius 3 is 2.85 bits per heavy atom. The average molecular weight is 369 g/mol. The van der Waals surface area contributed by atoms with E-state index in [4.69, 9.17) is 9.47 Å². The van der Waals surface area contributed by atoms with Crippen molar-refractivity contribution in [3.05, 3.63) is 68.1 Å². The molecule has 0 fully saturated rings. The van der Waals surface area contributed by atoms with Gasteiger partial charge in [-0.1, -0.05) is 6.07 Å². The molecule has 10 heteroatoms. The van der Waals surface area contributed by atoms with Crippen molar-refractivity contribution in [2.24, 2.45) is 0 Å². The molecule has 3 heterocycles. The maximum absolute atomic E-state index is 12.7. The van der Waals surface area contributed by atoms with Gasteiger partial charge in [0.05, 0.1) is 6.54 Å². The van der Waals surface area contributed by atoms with E-state index >= 15 is 0 Å². The molecule has 138 valence electrons. The standard InChI is InChI=1S/C17H15N5O5/c1-9-4-14(21-20-9)19-15(23)11-6-18-17(25)22(16(11)24)7-10-2-3-12-13(5-10)27-8-26-12/h2-6H,7-8H2,1H3,(H,18,25)(H2,19,20,21,23). The number of hydrogen-bond acceptors (Lipinski definition) is 6. The van der Waals surface area contributed by atoms with Crippen LogP contribution in [-0.4, -0.2) is 32.4 Å². The summed E-state index contributed by atoms with van der Waals surface area (Å²) in [7, 11) is 0. The Bertz CT molecular complexity index is 1140. The van der Waals surface area contributed by atoms with Crippen LogP contribution in [0, 0.1) is 6.92 Å². The highest BCUT2D eigenvalue weighted by atomic mass is 16.7. The number of rotatable bonds is 4. The second kappa shape index (κ2) is 6.48. The Morgan fingerprint density at radius 2 is 2.07 bits per heavy atom. The van der Waals surface area contributed by atoms with Gasteiger partial charge >= 0.3 is 5.69 Å². The van der Waals surface area contributed by atoms with E-state index in [1.54, 1.807) is 31.2 Å². The summed E-state index contributed by atoms with van der Waals surface area (Å²) in [6, 6.07) is 6.73. The first-order valence-electron chi connectivity index (χ1n) is 8.05.